The number of nitrogens with zero attached hydrogens (tertiary/aromatic N) is 1. The van der Waals surface area contributed by atoms with E-state index in [1.165, 1.54) is 18.3 Å². The molecule has 0 saturated carbocycles. The predicted octanol–water partition coefficient (Wildman–Crippen LogP) is 4.79. The molecule has 0 radical (unpaired) electrons. The lowest BCUT2D eigenvalue weighted by atomic mass is 10.0. The van der Waals surface area contributed by atoms with Gasteiger partial charge in [0.2, 0.25) is 0 Å². The van der Waals surface area contributed by atoms with Crippen molar-refractivity contribution in [3.05, 3.63) is 88.2 Å². The number of carbonyl (C=O) groups excluding carboxylic acids is 2. The highest BCUT2D eigenvalue weighted by molar-refractivity contribution is 6.08. The Morgan fingerprint density at radius 1 is 0.862 bits per heavy atom. The van der Waals surface area contributed by atoms with E-state index < -0.39 is 23.4 Å². The first-order chi connectivity index (χ1) is 13.7. The maximum Gasteiger partial charge on any atom is 0.274 e. The van der Waals surface area contributed by atoms with E-state index >= 15 is 0 Å². The lowest BCUT2D eigenvalue weighted by molar-refractivity contribution is 0.102. The Balaban J connectivity index is 1.80. The summed E-state index contributed by atoms with van der Waals surface area (Å²) in [5.41, 5.74) is 3.59. The van der Waals surface area contributed by atoms with E-state index in [1.54, 1.807) is 0 Å². The molecule has 2 amide bonds. The van der Waals surface area contributed by atoms with E-state index in [9.17, 15) is 18.4 Å². The van der Waals surface area contributed by atoms with Crippen LogP contribution in [0.4, 0.5) is 20.2 Å². The second-order valence-corrected chi connectivity index (χ2v) is 6.74. The molecule has 0 unspecified atom stereocenters. The van der Waals surface area contributed by atoms with Gasteiger partial charge in [0.1, 0.15) is 17.3 Å². The fourth-order valence-corrected chi connectivity index (χ4v) is 3.04. The fourth-order valence-electron chi connectivity index (χ4n) is 3.04. The molecule has 0 bridgehead atoms. The van der Waals surface area contributed by atoms with Gasteiger partial charge in [0.15, 0.2) is 0 Å². The van der Waals surface area contributed by atoms with E-state index in [0.29, 0.717) is 11.8 Å². The Morgan fingerprint density at radius 2 is 1.55 bits per heavy atom. The van der Waals surface area contributed by atoms with Crippen LogP contribution in [0.5, 0.6) is 0 Å². The summed E-state index contributed by atoms with van der Waals surface area (Å²) in [7, 11) is 0. The molecule has 0 spiro atoms. The van der Waals surface area contributed by atoms with Crippen molar-refractivity contribution < 1.29 is 18.4 Å². The highest BCUT2D eigenvalue weighted by atomic mass is 19.1. The summed E-state index contributed by atoms with van der Waals surface area (Å²) in [6.07, 6.45) is 1.32. The topological polar surface area (TPSA) is 71.1 Å². The van der Waals surface area contributed by atoms with Crippen LogP contribution in [0.25, 0.3) is 0 Å². The van der Waals surface area contributed by atoms with Crippen molar-refractivity contribution in [3.8, 4) is 0 Å². The third-order valence-corrected chi connectivity index (χ3v) is 4.35. The minimum atomic E-state index is -0.893. The normalized spacial score (nSPS) is 10.5. The summed E-state index contributed by atoms with van der Waals surface area (Å²) in [5, 5.41) is 5.17. The zero-order chi connectivity index (χ0) is 21.1. The quantitative estimate of drug-likeness (QED) is 0.667. The molecule has 2 aromatic carbocycles. The molecule has 0 aliphatic rings. The van der Waals surface area contributed by atoms with Crippen molar-refractivity contribution in [1.29, 1.82) is 0 Å². The zero-order valence-electron chi connectivity index (χ0n) is 16.1. The zero-order valence-corrected chi connectivity index (χ0v) is 16.1. The first kappa shape index (κ1) is 20.1. The molecule has 2 N–H and O–H groups in total. The Hall–Kier alpha value is -3.61. The molecule has 7 heteroatoms. The third-order valence-electron chi connectivity index (χ3n) is 4.35. The van der Waals surface area contributed by atoms with Crippen LogP contribution in [0.15, 0.2) is 48.7 Å². The maximum absolute atomic E-state index is 13.7. The van der Waals surface area contributed by atoms with Crippen LogP contribution < -0.4 is 10.6 Å². The SMILES string of the molecule is Cc1cc(C)c(NC(=O)c2cc(C(=O)Nc3ccc(F)cc3F)ccn2)c(C)c1. The number of benzene rings is 2. The van der Waals surface area contributed by atoms with Crippen molar-refractivity contribution in [2.45, 2.75) is 20.8 Å². The number of carbonyl (C=O) groups is 2. The molecule has 29 heavy (non-hydrogen) atoms. The Bertz CT molecular complexity index is 1090. The molecule has 0 fully saturated rings. The minimum Gasteiger partial charge on any atom is -0.320 e. The highest BCUT2D eigenvalue weighted by Crippen LogP contribution is 2.22. The summed E-state index contributed by atoms with van der Waals surface area (Å²) < 4.78 is 26.8. The summed E-state index contributed by atoms with van der Waals surface area (Å²) >= 11 is 0. The van der Waals surface area contributed by atoms with Crippen LogP contribution in [0.1, 0.15) is 37.5 Å². The summed E-state index contributed by atoms with van der Waals surface area (Å²) in [6.45, 7) is 5.76. The van der Waals surface area contributed by atoms with Gasteiger partial charge in [-0.1, -0.05) is 17.7 Å². The summed E-state index contributed by atoms with van der Waals surface area (Å²) in [6, 6.07) is 9.46. The molecular formula is C22H19F2N3O2. The standard InChI is InChI=1S/C22H19F2N3O2/c1-12-8-13(2)20(14(3)9-12)27-22(29)19-10-15(6-7-25-19)21(28)26-18-5-4-16(23)11-17(18)24/h4-11H,1-3H3,(H,26,28)(H,27,29). The number of hydrogen-bond acceptors (Lipinski definition) is 3. The second kappa shape index (κ2) is 8.18. The number of rotatable bonds is 4. The Kier molecular flexibility index (Phi) is 5.68. The van der Waals surface area contributed by atoms with Gasteiger partial charge in [-0.25, -0.2) is 8.78 Å². The number of hydrogen-bond donors (Lipinski definition) is 2. The predicted molar refractivity (Wildman–Crippen MR) is 107 cm³/mol. The van der Waals surface area contributed by atoms with Crippen LogP contribution in [0.3, 0.4) is 0 Å². The molecule has 5 nitrogen and oxygen atoms in total. The van der Waals surface area contributed by atoms with Gasteiger partial charge < -0.3 is 10.6 Å². The van der Waals surface area contributed by atoms with E-state index in [2.05, 4.69) is 15.6 Å². The summed E-state index contributed by atoms with van der Waals surface area (Å²) in [5.74, 6) is -2.75. The first-order valence-electron chi connectivity index (χ1n) is 8.86. The highest BCUT2D eigenvalue weighted by Gasteiger charge is 2.15. The van der Waals surface area contributed by atoms with Crippen LogP contribution >= 0.6 is 0 Å². The minimum absolute atomic E-state index is 0.0385. The second-order valence-electron chi connectivity index (χ2n) is 6.74. The van der Waals surface area contributed by atoms with Crippen LogP contribution in [-0.4, -0.2) is 16.8 Å². The maximum atomic E-state index is 13.7. The van der Waals surface area contributed by atoms with Crippen molar-refractivity contribution in [3.63, 3.8) is 0 Å². The van der Waals surface area contributed by atoms with Gasteiger partial charge in [-0.15, -0.1) is 0 Å². The fraction of sp³-hybridized carbons (Fsp3) is 0.136. The monoisotopic (exact) mass is 395 g/mol. The van der Waals surface area contributed by atoms with Gasteiger partial charge in [-0.3, -0.25) is 14.6 Å². The van der Waals surface area contributed by atoms with Gasteiger partial charge >= 0.3 is 0 Å². The number of aryl methyl sites for hydroxylation is 3. The van der Waals surface area contributed by atoms with E-state index in [0.717, 1.165) is 28.8 Å². The first-order valence-corrected chi connectivity index (χ1v) is 8.86. The number of amides is 2. The molecule has 0 aliphatic heterocycles. The molecule has 3 aromatic rings. The number of nitrogens with one attached hydrogen (secondary N) is 2. The number of pyridine rings is 1. The van der Waals surface area contributed by atoms with Crippen LogP contribution in [0.2, 0.25) is 0 Å². The van der Waals surface area contributed by atoms with Gasteiger partial charge in [-0.05, 0) is 56.2 Å². The smallest absolute Gasteiger partial charge is 0.274 e. The molecule has 148 valence electrons. The molecule has 0 saturated heterocycles. The van der Waals surface area contributed by atoms with Gasteiger partial charge in [0, 0.05) is 23.5 Å². The van der Waals surface area contributed by atoms with Crippen molar-refractivity contribution in [2.24, 2.45) is 0 Å². The number of halogens is 2. The molecule has 0 aliphatic carbocycles. The van der Waals surface area contributed by atoms with Gasteiger partial charge in [-0.2, -0.15) is 0 Å². The largest absolute Gasteiger partial charge is 0.320 e. The lowest BCUT2D eigenvalue weighted by Gasteiger charge is -2.13. The molecule has 1 heterocycles. The van der Waals surface area contributed by atoms with Gasteiger partial charge in [0.05, 0.1) is 5.69 Å². The van der Waals surface area contributed by atoms with Crippen LogP contribution in [-0.2, 0) is 0 Å². The summed E-state index contributed by atoms with van der Waals surface area (Å²) in [4.78, 5) is 29.0. The average molecular weight is 395 g/mol. The van der Waals surface area contributed by atoms with Gasteiger partial charge in [0.25, 0.3) is 11.8 Å². The Morgan fingerprint density at radius 3 is 2.21 bits per heavy atom. The third kappa shape index (κ3) is 4.63. The molecule has 0 atom stereocenters. The lowest BCUT2D eigenvalue weighted by Crippen LogP contribution is -2.18. The molecule has 3 rings (SSSR count). The number of anilines is 2. The van der Waals surface area contributed by atoms with E-state index in [-0.39, 0.29) is 16.9 Å². The molecular weight excluding hydrogens is 376 g/mol. The van der Waals surface area contributed by atoms with Crippen LogP contribution in [0, 0.1) is 32.4 Å². The molecule has 1 aromatic heterocycles. The van der Waals surface area contributed by atoms with E-state index in [4.69, 9.17) is 0 Å². The van der Waals surface area contributed by atoms with Crippen molar-refractivity contribution in [1.82, 2.24) is 4.98 Å². The van der Waals surface area contributed by atoms with Crippen molar-refractivity contribution in [2.75, 3.05) is 10.6 Å². The van der Waals surface area contributed by atoms with E-state index in [1.807, 2.05) is 32.9 Å². The number of aromatic nitrogens is 1. The average Bonchev–Trinajstić information content (AvgIpc) is 2.66. The Labute approximate surface area is 166 Å². The van der Waals surface area contributed by atoms with Crippen molar-refractivity contribution >= 4 is 23.2 Å².